The van der Waals surface area contributed by atoms with Crippen LogP contribution in [0.2, 0.25) is 0 Å². The molecule has 0 saturated heterocycles. The Morgan fingerprint density at radius 1 is 1.30 bits per heavy atom. The number of carbonyl (C=O) groups is 3. The van der Waals surface area contributed by atoms with Gasteiger partial charge in [-0.25, -0.2) is 4.79 Å². The van der Waals surface area contributed by atoms with Crippen LogP contribution in [0.1, 0.15) is 28.8 Å². The van der Waals surface area contributed by atoms with Gasteiger partial charge in [-0.05, 0) is 12.5 Å². The molecule has 20 heavy (non-hydrogen) atoms. The molecule has 1 aliphatic heterocycles. The number of hydrogen-bond donors (Lipinski definition) is 2. The van der Waals surface area contributed by atoms with Crippen LogP contribution in [0.3, 0.4) is 0 Å². The summed E-state index contributed by atoms with van der Waals surface area (Å²) in [6.45, 7) is 3.78. The second-order valence-electron chi connectivity index (χ2n) is 4.53. The molecule has 0 aromatic heterocycles. The van der Waals surface area contributed by atoms with E-state index in [1.807, 2.05) is 0 Å². The highest BCUT2D eigenvalue weighted by atomic mass is 16.4. The standard InChI is InChI=1S/C14H14N2O4/c1-8-9-4-2-3-5-10(9)13(18)16(8)11(14(19)20)6-7-12(15)17/h2-5,11H,1,6-7H2,(H2,15,17)(H,19,20). The van der Waals surface area contributed by atoms with Crippen molar-refractivity contribution in [2.45, 2.75) is 18.9 Å². The lowest BCUT2D eigenvalue weighted by molar-refractivity contribution is -0.141. The molecule has 0 fully saturated rings. The Bertz CT molecular complexity index is 574. The number of primary amides is 1. The first kappa shape index (κ1) is 13.8. The van der Waals surface area contributed by atoms with Gasteiger partial charge in [0.1, 0.15) is 6.04 Å². The molecule has 1 aromatic rings. The van der Waals surface area contributed by atoms with Crippen LogP contribution in [0.15, 0.2) is 30.8 Å². The molecule has 1 aliphatic rings. The third-order valence-corrected chi connectivity index (χ3v) is 3.24. The number of carboxylic acids is 1. The Hall–Kier alpha value is -2.63. The third kappa shape index (κ3) is 2.27. The second-order valence-corrected chi connectivity index (χ2v) is 4.53. The van der Waals surface area contributed by atoms with E-state index < -0.39 is 23.8 Å². The molecule has 1 aromatic carbocycles. The summed E-state index contributed by atoms with van der Waals surface area (Å²) in [5.74, 6) is -2.21. The normalized spacial score (nSPS) is 15.1. The first-order chi connectivity index (χ1) is 9.43. The van der Waals surface area contributed by atoms with Crippen molar-refractivity contribution in [2.24, 2.45) is 5.73 Å². The van der Waals surface area contributed by atoms with E-state index in [1.165, 1.54) is 0 Å². The molecule has 1 heterocycles. The number of rotatable bonds is 5. The molecule has 3 N–H and O–H groups in total. The molecular formula is C14H14N2O4. The number of benzene rings is 1. The van der Waals surface area contributed by atoms with Gasteiger partial charge >= 0.3 is 5.97 Å². The zero-order valence-electron chi connectivity index (χ0n) is 10.7. The van der Waals surface area contributed by atoms with Gasteiger partial charge in [-0.1, -0.05) is 24.8 Å². The topological polar surface area (TPSA) is 101 Å². The Labute approximate surface area is 115 Å². The Kier molecular flexibility index (Phi) is 3.56. The Morgan fingerprint density at radius 2 is 1.90 bits per heavy atom. The molecular weight excluding hydrogens is 260 g/mol. The molecule has 0 bridgehead atoms. The predicted molar refractivity (Wildman–Crippen MR) is 71.5 cm³/mol. The molecule has 2 rings (SSSR count). The number of nitrogens with two attached hydrogens (primary N) is 1. The number of aliphatic carboxylic acids is 1. The van der Waals surface area contributed by atoms with Gasteiger partial charge in [0.2, 0.25) is 5.91 Å². The van der Waals surface area contributed by atoms with E-state index in [4.69, 9.17) is 5.73 Å². The summed E-state index contributed by atoms with van der Waals surface area (Å²) in [7, 11) is 0. The second kappa shape index (κ2) is 5.16. The number of carbonyl (C=O) groups excluding carboxylic acids is 2. The van der Waals surface area contributed by atoms with Gasteiger partial charge in [-0.2, -0.15) is 0 Å². The molecule has 0 saturated carbocycles. The zero-order chi connectivity index (χ0) is 14.9. The van der Waals surface area contributed by atoms with Crippen LogP contribution in [0.5, 0.6) is 0 Å². The fraction of sp³-hybridized carbons (Fsp3) is 0.214. The lowest BCUT2D eigenvalue weighted by Gasteiger charge is -2.25. The maximum absolute atomic E-state index is 12.3. The highest BCUT2D eigenvalue weighted by Crippen LogP contribution is 2.33. The van der Waals surface area contributed by atoms with Crippen LogP contribution in [0, 0.1) is 0 Å². The van der Waals surface area contributed by atoms with Gasteiger partial charge in [0, 0.05) is 23.2 Å². The zero-order valence-corrected chi connectivity index (χ0v) is 10.7. The average Bonchev–Trinajstić information content (AvgIpc) is 2.64. The summed E-state index contributed by atoms with van der Waals surface area (Å²) < 4.78 is 0. The monoisotopic (exact) mass is 274 g/mol. The SMILES string of the molecule is C=C1c2ccccc2C(=O)N1C(CCC(N)=O)C(=O)O. The summed E-state index contributed by atoms with van der Waals surface area (Å²) in [4.78, 5) is 35.6. The summed E-state index contributed by atoms with van der Waals surface area (Å²) in [5, 5.41) is 9.27. The van der Waals surface area contributed by atoms with Gasteiger partial charge in [-0.3, -0.25) is 14.5 Å². The molecule has 1 atom stereocenters. The fourth-order valence-electron chi connectivity index (χ4n) is 2.28. The minimum Gasteiger partial charge on any atom is -0.480 e. The van der Waals surface area contributed by atoms with Crippen LogP contribution in [-0.2, 0) is 9.59 Å². The van der Waals surface area contributed by atoms with Gasteiger partial charge in [0.15, 0.2) is 0 Å². The number of hydrogen-bond acceptors (Lipinski definition) is 3. The molecule has 1 unspecified atom stereocenters. The summed E-state index contributed by atoms with van der Waals surface area (Å²) in [5.41, 5.74) is 6.40. The van der Waals surface area contributed by atoms with E-state index in [9.17, 15) is 19.5 Å². The summed E-state index contributed by atoms with van der Waals surface area (Å²) >= 11 is 0. The van der Waals surface area contributed by atoms with Gasteiger partial charge in [-0.15, -0.1) is 0 Å². The maximum Gasteiger partial charge on any atom is 0.326 e. The first-order valence-corrected chi connectivity index (χ1v) is 6.06. The lowest BCUT2D eigenvalue weighted by atomic mass is 10.1. The van der Waals surface area contributed by atoms with Gasteiger partial charge in [0.05, 0.1) is 0 Å². The van der Waals surface area contributed by atoms with Crippen molar-refractivity contribution in [3.63, 3.8) is 0 Å². The molecule has 0 spiro atoms. The van der Waals surface area contributed by atoms with E-state index in [1.54, 1.807) is 24.3 Å². The van der Waals surface area contributed by atoms with E-state index in [0.717, 1.165) is 4.90 Å². The predicted octanol–water partition coefficient (Wildman–Crippen LogP) is 0.832. The maximum atomic E-state index is 12.3. The number of nitrogens with zero attached hydrogens (tertiary/aromatic N) is 1. The smallest absolute Gasteiger partial charge is 0.326 e. The van der Waals surface area contributed by atoms with E-state index >= 15 is 0 Å². The average molecular weight is 274 g/mol. The largest absolute Gasteiger partial charge is 0.480 e. The minimum absolute atomic E-state index is 0.0383. The molecule has 0 aliphatic carbocycles. The van der Waals surface area contributed by atoms with Crippen LogP contribution in [0.4, 0.5) is 0 Å². The molecule has 6 nitrogen and oxygen atoms in total. The minimum atomic E-state index is -1.19. The van der Waals surface area contributed by atoms with E-state index in [0.29, 0.717) is 16.8 Å². The summed E-state index contributed by atoms with van der Waals surface area (Å²) in [6.07, 6.45) is -0.145. The van der Waals surface area contributed by atoms with E-state index in [-0.39, 0.29) is 12.8 Å². The quantitative estimate of drug-likeness (QED) is 0.830. The van der Waals surface area contributed by atoms with Crippen molar-refractivity contribution in [1.82, 2.24) is 4.90 Å². The fourth-order valence-corrected chi connectivity index (χ4v) is 2.28. The summed E-state index contributed by atoms with van der Waals surface area (Å²) in [6, 6.07) is 5.64. The van der Waals surface area contributed by atoms with Gasteiger partial charge < -0.3 is 10.8 Å². The molecule has 6 heteroatoms. The van der Waals surface area contributed by atoms with Crippen molar-refractivity contribution in [3.8, 4) is 0 Å². The van der Waals surface area contributed by atoms with Crippen molar-refractivity contribution >= 4 is 23.5 Å². The van der Waals surface area contributed by atoms with Gasteiger partial charge in [0.25, 0.3) is 5.91 Å². The Balaban J connectivity index is 2.32. The van der Waals surface area contributed by atoms with Crippen LogP contribution < -0.4 is 5.73 Å². The van der Waals surface area contributed by atoms with Crippen molar-refractivity contribution in [1.29, 1.82) is 0 Å². The highest BCUT2D eigenvalue weighted by molar-refractivity contribution is 6.10. The van der Waals surface area contributed by atoms with Crippen molar-refractivity contribution in [3.05, 3.63) is 42.0 Å². The highest BCUT2D eigenvalue weighted by Gasteiger charge is 2.38. The third-order valence-electron chi connectivity index (χ3n) is 3.24. The van der Waals surface area contributed by atoms with Crippen molar-refractivity contribution in [2.75, 3.05) is 0 Å². The molecule has 104 valence electrons. The molecule has 2 amide bonds. The van der Waals surface area contributed by atoms with Crippen LogP contribution >= 0.6 is 0 Å². The number of carboxylic acid groups (broad SMARTS) is 1. The number of amides is 2. The van der Waals surface area contributed by atoms with Crippen LogP contribution in [-0.4, -0.2) is 33.8 Å². The van der Waals surface area contributed by atoms with E-state index in [2.05, 4.69) is 6.58 Å². The molecule has 0 radical (unpaired) electrons. The first-order valence-electron chi connectivity index (χ1n) is 6.06. The van der Waals surface area contributed by atoms with Crippen molar-refractivity contribution < 1.29 is 19.5 Å². The Morgan fingerprint density at radius 3 is 2.40 bits per heavy atom. The van der Waals surface area contributed by atoms with Crippen LogP contribution in [0.25, 0.3) is 5.70 Å². The lowest BCUT2D eigenvalue weighted by Crippen LogP contribution is -2.41. The number of fused-ring (bicyclic) bond motifs is 1.